The van der Waals surface area contributed by atoms with Gasteiger partial charge >= 0.3 is 6.18 Å². The number of furan rings is 1. The van der Waals surface area contributed by atoms with Gasteiger partial charge in [-0.3, -0.25) is 4.90 Å². The van der Waals surface area contributed by atoms with Crippen LogP contribution in [0.15, 0.2) is 34.3 Å². The van der Waals surface area contributed by atoms with Gasteiger partial charge in [-0.15, -0.1) is 11.3 Å². The number of alkyl halides is 3. The Hall–Kier alpha value is -2.26. The SMILES string of the molecule is Cc1ncsc1CCN(C)Cc1ccc(-c2nccc(C(F)(F)F)n2)o1. The van der Waals surface area contributed by atoms with E-state index in [-0.39, 0.29) is 11.6 Å². The highest BCUT2D eigenvalue weighted by atomic mass is 32.1. The lowest BCUT2D eigenvalue weighted by Gasteiger charge is -2.14. The zero-order valence-electron chi connectivity index (χ0n) is 14.2. The maximum atomic E-state index is 12.8. The van der Waals surface area contributed by atoms with Crippen LogP contribution < -0.4 is 0 Å². The molecule has 0 unspecified atom stereocenters. The van der Waals surface area contributed by atoms with Crippen LogP contribution in [0.25, 0.3) is 11.6 Å². The van der Waals surface area contributed by atoms with Gasteiger partial charge in [-0.1, -0.05) is 0 Å². The second-order valence-electron chi connectivity index (χ2n) is 5.88. The van der Waals surface area contributed by atoms with E-state index in [1.165, 1.54) is 4.88 Å². The molecule has 5 nitrogen and oxygen atoms in total. The van der Waals surface area contributed by atoms with Crippen molar-refractivity contribution in [1.29, 1.82) is 0 Å². The van der Waals surface area contributed by atoms with E-state index in [1.54, 1.807) is 23.5 Å². The first-order chi connectivity index (χ1) is 12.3. The summed E-state index contributed by atoms with van der Waals surface area (Å²) in [7, 11) is 1.96. The van der Waals surface area contributed by atoms with Crippen LogP contribution in [-0.2, 0) is 19.1 Å². The highest BCUT2D eigenvalue weighted by Gasteiger charge is 2.33. The lowest BCUT2D eigenvalue weighted by molar-refractivity contribution is -0.141. The molecular formula is C17H17F3N4OS. The normalized spacial score (nSPS) is 12.1. The van der Waals surface area contributed by atoms with Crippen LogP contribution in [0.2, 0.25) is 0 Å². The molecule has 0 amide bonds. The first-order valence-electron chi connectivity index (χ1n) is 7.90. The molecule has 0 aliphatic heterocycles. The molecule has 0 saturated carbocycles. The van der Waals surface area contributed by atoms with Gasteiger partial charge in [0.25, 0.3) is 0 Å². The Morgan fingerprint density at radius 3 is 2.69 bits per heavy atom. The summed E-state index contributed by atoms with van der Waals surface area (Å²) in [4.78, 5) is 15.0. The quantitative estimate of drug-likeness (QED) is 0.640. The monoisotopic (exact) mass is 382 g/mol. The predicted octanol–water partition coefficient (Wildman–Crippen LogP) is 4.19. The van der Waals surface area contributed by atoms with Gasteiger partial charge in [0.1, 0.15) is 11.5 Å². The molecule has 3 rings (SSSR count). The standard InChI is InChI=1S/C17H17F3N4OS/c1-11-14(26-10-22-11)6-8-24(2)9-12-3-4-13(25-12)16-21-7-5-15(23-16)17(18,19)20/h3-5,7,10H,6,8-9H2,1-2H3. The fourth-order valence-corrected chi connectivity index (χ4v) is 3.19. The van der Waals surface area contributed by atoms with Crippen molar-refractivity contribution in [1.82, 2.24) is 19.9 Å². The van der Waals surface area contributed by atoms with Crippen molar-refractivity contribution in [3.8, 4) is 11.6 Å². The van der Waals surface area contributed by atoms with Crippen molar-refractivity contribution < 1.29 is 17.6 Å². The summed E-state index contributed by atoms with van der Waals surface area (Å²) < 4.78 is 43.9. The molecule has 26 heavy (non-hydrogen) atoms. The summed E-state index contributed by atoms with van der Waals surface area (Å²) >= 11 is 1.63. The lowest BCUT2D eigenvalue weighted by Crippen LogP contribution is -2.20. The third kappa shape index (κ3) is 4.47. The highest BCUT2D eigenvalue weighted by Crippen LogP contribution is 2.29. The fourth-order valence-electron chi connectivity index (χ4n) is 2.42. The van der Waals surface area contributed by atoms with Gasteiger partial charge in [0.05, 0.1) is 17.7 Å². The maximum Gasteiger partial charge on any atom is 0.433 e. The summed E-state index contributed by atoms with van der Waals surface area (Å²) in [5, 5.41) is 0. The molecule has 3 aromatic rings. The van der Waals surface area contributed by atoms with E-state index >= 15 is 0 Å². The van der Waals surface area contributed by atoms with Crippen LogP contribution in [-0.4, -0.2) is 33.4 Å². The largest absolute Gasteiger partial charge is 0.456 e. The van der Waals surface area contributed by atoms with Gasteiger partial charge in [-0.05, 0) is 38.6 Å². The molecule has 3 aromatic heterocycles. The molecule has 0 aromatic carbocycles. The lowest BCUT2D eigenvalue weighted by atomic mass is 10.3. The minimum absolute atomic E-state index is 0.0750. The topological polar surface area (TPSA) is 55.1 Å². The summed E-state index contributed by atoms with van der Waals surface area (Å²) in [6, 6.07) is 4.15. The molecule has 0 fully saturated rings. The molecule has 0 N–H and O–H groups in total. The molecule has 138 valence electrons. The van der Waals surface area contributed by atoms with E-state index in [1.807, 2.05) is 19.5 Å². The molecule has 0 atom stereocenters. The highest BCUT2D eigenvalue weighted by molar-refractivity contribution is 7.09. The number of aryl methyl sites for hydroxylation is 1. The Bertz CT molecular complexity index is 875. The Labute approximate surface area is 152 Å². The van der Waals surface area contributed by atoms with Crippen molar-refractivity contribution in [3.63, 3.8) is 0 Å². The van der Waals surface area contributed by atoms with E-state index in [0.717, 1.165) is 30.9 Å². The molecule has 9 heteroatoms. The second-order valence-corrected chi connectivity index (χ2v) is 6.82. The van der Waals surface area contributed by atoms with Crippen LogP contribution >= 0.6 is 11.3 Å². The summed E-state index contributed by atoms with van der Waals surface area (Å²) in [5.41, 5.74) is 1.89. The minimum Gasteiger partial charge on any atom is -0.456 e. The van der Waals surface area contributed by atoms with E-state index in [2.05, 4.69) is 19.9 Å². The van der Waals surface area contributed by atoms with E-state index in [0.29, 0.717) is 12.3 Å². The fraction of sp³-hybridized carbons (Fsp3) is 0.353. The zero-order valence-corrected chi connectivity index (χ0v) is 15.1. The summed E-state index contributed by atoms with van der Waals surface area (Å²) in [6.45, 7) is 3.34. The van der Waals surface area contributed by atoms with E-state index in [4.69, 9.17) is 4.42 Å². The Morgan fingerprint density at radius 1 is 1.19 bits per heavy atom. The van der Waals surface area contributed by atoms with Crippen molar-refractivity contribution in [2.24, 2.45) is 0 Å². The van der Waals surface area contributed by atoms with E-state index < -0.39 is 11.9 Å². The number of halogens is 3. The maximum absolute atomic E-state index is 12.8. The van der Waals surface area contributed by atoms with Gasteiger partial charge in [0, 0.05) is 17.6 Å². The number of aromatic nitrogens is 3. The van der Waals surface area contributed by atoms with Gasteiger partial charge in [0.15, 0.2) is 11.6 Å². The van der Waals surface area contributed by atoms with Crippen molar-refractivity contribution >= 4 is 11.3 Å². The van der Waals surface area contributed by atoms with Crippen LogP contribution in [0.4, 0.5) is 13.2 Å². The molecule has 0 aliphatic rings. The minimum atomic E-state index is -4.51. The van der Waals surface area contributed by atoms with E-state index in [9.17, 15) is 13.2 Å². The van der Waals surface area contributed by atoms with Gasteiger partial charge < -0.3 is 4.42 Å². The van der Waals surface area contributed by atoms with Crippen LogP contribution in [0.1, 0.15) is 22.0 Å². The molecule has 0 spiro atoms. The zero-order chi connectivity index (χ0) is 18.7. The molecular weight excluding hydrogens is 365 g/mol. The third-order valence-electron chi connectivity index (χ3n) is 3.82. The average molecular weight is 382 g/mol. The number of thiazole rings is 1. The molecule has 0 bridgehead atoms. The van der Waals surface area contributed by atoms with Crippen molar-refractivity contribution in [2.75, 3.05) is 13.6 Å². The predicted molar refractivity (Wildman–Crippen MR) is 91.6 cm³/mol. The van der Waals surface area contributed by atoms with Gasteiger partial charge in [-0.2, -0.15) is 13.2 Å². The summed E-state index contributed by atoms with van der Waals surface area (Å²) in [5.74, 6) is 0.788. The van der Waals surface area contributed by atoms with Gasteiger partial charge in [-0.25, -0.2) is 15.0 Å². The first-order valence-corrected chi connectivity index (χ1v) is 8.77. The molecule has 3 heterocycles. The van der Waals surface area contributed by atoms with Crippen molar-refractivity contribution in [3.05, 3.63) is 51.9 Å². The Balaban J connectivity index is 1.63. The molecule has 0 aliphatic carbocycles. The smallest absolute Gasteiger partial charge is 0.433 e. The number of hydrogen-bond donors (Lipinski definition) is 0. The second kappa shape index (κ2) is 7.55. The summed E-state index contributed by atoms with van der Waals surface area (Å²) in [6.07, 6.45) is -2.55. The number of likely N-dealkylation sites (N-methyl/N-ethyl adjacent to an activating group) is 1. The molecule has 0 saturated heterocycles. The first kappa shape index (κ1) is 18.5. The van der Waals surface area contributed by atoms with Crippen LogP contribution in [0.3, 0.4) is 0 Å². The Morgan fingerprint density at radius 2 is 2.00 bits per heavy atom. The van der Waals surface area contributed by atoms with Crippen LogP contribution in [0.5, 0.6) is 0 Å². The number of nitrogens with zero attached hydrogens (tertiary/aromatic N) is 4. The van der Waals surface area contributed by atoms with Crippen molar-refractivity contribution in [2.45, 2.75) is 26.1 Å². The third-order valence-corrected chi connectivity index (χ3v) is 4.81. The number of hydrogen-bond acceptors (Lipinski definition) is 6. The van der Waals surface area contributed by atoms with Gasteiger partial charge in [0.2, 0.25) is 0 Å². The molecule has 0 radical (unpaired) electrons. The van der Waals surface area contributed by atoms with Crippen LogP contribution in [0, 0.1) is 6.92 Å². The Kier molecular flexibility index (Phi) is 5.38. The number of rotatable bonds is 6. The average Bonchev–Trinajstić information content (AvgIpc) is 3.21.